The van der Waals surface area contributed by atoms with E-state index in [0.29, 0.717) is 35.3 Å². The maximum Gasteiger partial charge on any atom is 0.258 e. The SMILES string of the molecule is Cc1ccc(F)c(N2CC(c3noc(-c4ccc5c(c4)OCO5)n3)CC2=O)c1. The number of fused-ring (bicyclic) bond motifs is 1. The van der Waals surface area contributed by atoms with Crippen LogP contribution in [0.15, 0.2) is 40.9 Å². The quantitative estimate of drug-likeness (QED) is 0.692. The fraction of sp³-hybridized carbons (Fsp3) is 0.250. The van der Waals surface area contributed by atoms with Gasteiger partial charge in [-0.05, 0) is 42.8 Å². The number of carbonyl (C=O) groups is 1. The molecule has 0 bridgehead atoms. The molecule has 0 spiro atoms. The van der Waals surface area contributed by atoms with E-state index in [1.54, 1.807) is 30.3 Å². The molecular weight excluding hydrogens is 365 g/mol. The maximum absolute atomic E-state index is 14.2. The molecule has 2 aliphatic rings. The van der Waals surface area contributed by atoms with Crippen LogP contribution in [0.4, 0.5) is 10.1 Å². The summed E-state index contributed by atoms with van der Waals surface area (Å²) in [6.07, 6.45) is 0.202. The Morgan fingerprint density at radius 3 is 2.89 bits per heavy atom. The second kappa shape index (κ2) is 6.33. The van der Waals surface area contributed by atoms with Crippen molar-refractivity contribution in [2.24, 2.45) is 0 Å². The van der Waals surface area contributed by atoms with Gasteiger partial charge in [0, 0.05) is 24.4 Å². The van der Waals surface area contributed by atoms with Crippen molar-refractivity contribution < 1.29 is 23.2 Å². The zero-order valence-corrected chi connectivity index (χ0v) is 15.0. The van der Waals surface area contributed by atoms with Crippen molar-refractivity contribution in [2.75, 3.05) is 18.2 Å². The minimum Gasteiger partial charge on any atom is -0.454 e. The molecule has 3 aromatic rings. The fourth-order valence-electron chi connectivity index (χ4n) is 3.49. The van der Waals surface area contributed by atoms with E-state index in [9.17, 15) is 9.18 Å². The van der Waals surface area contributed by atoms with Crippen LogP contribution in [0.5, 0.6) is 11.5 Å². The number of carbonyl (C=O) groups excluding carboxylic acids is 1. The molecule has 2 aliphatic heterocycles. The summed E-state index contributed by atoms with van der Waals surface area (Å²) in [4.78, 5) is 18.4. The first-order chi connectivity index (χ1) is 13.6. The summed E-state index contributed by atoms with van der Waals surface area (Å²) in [6, 6.07) is 10.1. The highest BCUT2D eigenvalue weighted by Gasteiger charge is 2.36. The van der Waals surface area contributed by atoms with Gasteiger partial charge in [-0.2, -0.15) is 4.98 Å². The van der Waals surface area contributed by atoms with E-state index in [-0.39, 0.29) is 30.7 Å². The zero-order chi connectivity index (χ0) is 19.3. The Morgan fingerprint density at radius 2 is 2.00 bits per heavy atom. The highest BCUT2D eigenvalue weighted by molar-refractivity contribution is 5.96. The number of nitrogens with zero attached hydrogens (tertiary/aromatic N) is 3. The van der Waals surface area contributed by atoms with Crippen LogP contribution in [0, 0.1) is 12.7 Å². The van der Waals surface area contributed by atoms with E-state index < -0.39 is 5.82 Å². The summed E-state index contributed by atoms with van der Waals surface area (Å²) in [7, 11) is 0. The van der Waals surface area contributed by atoms with E-state index in [0.717, 1.165) is 5.56 Å². The van der Waals surface area contributed by atoms with Gasteiger partial charge in [-0.3, -0.25) is 4.79 Å². The number of hydrogen-bond donors (Lipinski definition) is 0. The predicted octanol–water partition coefficient (Wildman–Crippen LogP) is 3.43. The molecule has 8 heteroatoms. The number of rotatable bonds is 3. The van der Waals surface area contributed by atoms with Gasteiger partial charge >= 0.3 is 0 Å². The Balaban J connectivity index is 1.39. The van der Waals surface area contributed by atoms with Crippen LogP contribution in [-0.4, -0.2) is 29.4 Å². The van der Waals surface area contributed by atoms with E-state index >= 15 is 0 Å². The van der Waals surface area contributed by atoms with Crippen LogP contribution in [-0.2, 0) is 4.79 Å². The monoisotopic (exact) mass is 381 g/mol. The number of halogens is 1. The van der Waals surface area contributed by atoms with Gasteiger partial charge in [0.2, 0.25) is 12.7 Å². The molecule has 0 aliphatic carbocycles. The molecule has 3 heterocycles. The smallest absolute Gasteiger partial charge is 0.258 e. The first-order valence-electron chi connectivity index (χ1n) is 8.88. The minimum absolute atomic E-state index is 0.163. The molecule has 0 saturated carbocycles. The molecule has 142 valence electrons. The molecular formula is C20H16FN3O4. The molecule has 28 heavy (non-hydrogen) atoms. The topological polar surface area (TPSA) is 77.7 Å². The van der Waals surface area contributed by atoms with Gasteiger partial charge in [-0.25, -0.2) is 4.39 Å². The molecule has 1 unspecified atom stereocenters. The highest BCUT2D eigenvalue weighted by atomic mass is 19.1. The van der Waals surface area contributed by atoms with Gasteiger partial charge in [0.1, 0.15) is 5.82 Å². The average molecular weight is 381 g/mol. The predicted molar refractivity (Wildman–Crippen MR) is 96.7 cm³/mol. The summed E-state index contributed by atoms with van der Waals surface area (Å²) in [5.41, 5.74) is 1.87. The van der Waals surface area contributed by atoms with Crippen molar-refractivity contribution >= 4 is 11.6 Å². The van der Waals surface area contributed by atoms with Crippen molar-refractivity contribution in [3.05, 3.63) is 53.6 Å². The van der Waals surface area contributed by atoms with E-state index in [1.165, 1.54) is 11.0 Å². The van der Waals surface area contributed by atoms with Crippen LogP contribution in [0.25, 0.3) is 11.5 Å². The molecule has 2 aromatic carbocycles. The normalized spacial score (nSPS) is 18.1. The molecule has 1 saturated heterocycles. The number of aryl methyl sites for hydroxylation is 1. The van der Waals surface area contributed by atoms with Gasteiger partial charge in [0.15, 0.2) is 17.3 Å². The van der Waals surface area contributed by atoms with Crippen LogP contribution < -0.4 is 14.4 Å². The number of hydrogen-bond acceptors (Lipinski definition) is 6. The molecule has 1 amide bonds. The molecule has 5 rings (SSSR count). The van der Waals surface area contributed by atoms with Gasteiger partial charge in [0.05, 0.1) is 5.69 Å². The highest BCUT2D eigenvalue weighted by Crippen LogP contribution is 2.37. The van der Waals surface area contributed by atoms with E-state index in [4.69, 9.17) is 14.0 Å². The summed E-state index contributed by atoms with van der Waals surface area (Å²) in [5.74, 6) is 1.20. The Labute approximate surface area is 159 Å². The van der Waals surface area contributed by atoms with Gasteiger partial charge in [0.25, 0.3) is 5.89 Å². The third-order valence-corrected chi connectivity index (χ3v) is 4.94. The minimum atomic E-state index is -0.422. The summed E-state index contributed by atoms with van der Waals surface area (Å²) in [6.45, 7) is 2.35. The van der Waals surface area contributed by atoms with Gasteiger partial charge < -0.3 is 18.9 Å². The fourth-order valence-corrected chi connectivity index (χ4v) is 3.49. The van der Waals surface area contributed by atoms with Crippen molar-refractivity contribution in [1.82, 2.24) is 10.1 Å². The number of benzene rings is 2. The molecule has 0 radical (unpaired) electrons. The van der Waals surface area contributed by atoms with Crippen LogP contribution >= 0.6 is 0 Å². The van der Waals surface area contributed by atoms with Crippen LogP contribution in [0.3, 0.4) is 0 Å². The lowest BCUT2D eigenvalue weighted by Crippen LogP contribution is -2.25. The van der Waals surface area contributed by atoms with Gasteiger partial charge in [-0.15, -0.1) is 0 Å². The van der Waals surface area contributed by atoms with E-state index in [1.807, 2.05) is 6.92 Å². The number of aromatic nitrogens is 2. The first-order valence-corrected chi connectivity index (χ1v) is 8.88. The molecule has 7 nitrogen and oxygen atoms in total. The number of anilines is 1. The molecule has 0 N–H and O–H groups in total. The van der Waals surface area contributed by atoms with Crippen molar-refractivity contribution in [2.45, 2.75) is 19.3 Å². The lowest BCUT2D eigenvalue weighted by Gasteiger charge is -2.17. The maximum atomic E-state index is 14.2. The molecule has 1 aromatic heterocycles. The zero-order valence-electron chi connectivity index (χ0n) is 15.0. The largest absolute Gasteiger partial charge is 0.454 e. The Hall–Kier alpha value is -3.42. The van der Waals surface area contributed by atoms with Gasteiger partial charge in [-0.1, -0.05) is 11.2 Å². The third kappa shape index (κ3) is 2.77. The standard InChI is InChI=1S/C20H16FN3O4/c1-11-2-4-14(21)15(6-11)24-9-13(8-18(24)25)19-22-20(28-23-19)12-3-5-16-17(7-12)27-10-26-16/h2-7,13H,8-10H2,1H3. The number of ether oxygens (including phenoxy) is 2. The summed E-state index contributed by atoms with van der Waals surface area (Å²) in [5, 5.41) is 4.04. The Bertz CT molecular complexity index is 1080. The second-order valence-electron chi connectivity index (χ2n) is 6.89. The Kier molecular flexibility index (Phi) is 3.78. The third-order valence-electron chi connectivity index (χ3n) is 4.94. The molecule has 1 atom stereocenters. The lowest BCUT2D eigenvalue weighted by atomic mass is 10.1. The van der Waals surface area contributed by atoms with Crippen LogP contribution in [0.2, 0.25) is 0 Å². The second-order valence-corrected chi connectivity index (χ2v) is 6.89. The lowest BCUT2D eigenvalue weighted by molar-refractivity contribution is -0.117. The first kappa shape index (κ1) is 16.7. The average Bonchev–Trinajstić information content (AvgIpc) is 3.42. The Morgan fingerprint density at radius 1 is 1.14 bits per heavy atom. The summed E-state index contributed by atoms with van der Waals surface area (Å²) < 4.78 is 30.2. The van der Waals surface area contributed by atoms with Crippen molar-refractivity contribution in [3.63, 3.8) is 0 Å². The number of amides is 1. The van der Waals surface area contributed by atoms with Crippen LogP contribution in [0.1, 0.15) is 23.7 Å². The summed E-state index contributed by atoms with van der Waals surface area (Å²) >= 11 is 0. The molecule has 1 fully saturated rings. The van der Waals surface area contributed by atoms with Crippen molar-refractivity contribution in [3.8, 4) is 23.0 Å². The van der Waals surface area contributed by atoms with Crippen molar-refractivity contribution in [1.29, 1.82) is 0 Å². The van der Waals surface area contributed by atoms with E-state index in [2.05, 4.69) is 10.1 Å².